The van der Waals surface area contributed by atoms with E-state index in [9.17, 15) is 13.2 Å². The highest BCUT2D eigenvalue weighted by Gasteiger charge is 2.45. The number of carbonyl (C=O) groups is 1. The van der Waals surface area contributed by atoms with Crippen molar-refractivity contribution in [2.75, 3.05) is 19.6 Å². The average molecular weight is 325 g/mol. The molecule has 1 spiro atoms. The van der Waals surface area contributed by atoms with Crippen molar-refractivity contribution >= 4 is 16.3 Å². The number of piperidine rings is 1. The summed E-state index contributed by atoms with van der Waals surface area (Å²) >= 11 is 0. The summed E-state index contributed by atoms with van der Waals surface area (Å²) in [6.07, 6.45) is 1.04. The van der Waals surface area contributed by atoms with E-state index in [1.807, 2.05) is 30.3 Å². The maximum Gasteiger partial charge on any atom is 0.410 e. The molecule has 120 valence electrons. The third-order valence-corrected chi connectivity index (χ3v) is 5.22. The zero-order valence-electron chi connectivity index (χ0n) is 12.1. The monoisotopic (exact) mass is 325 g/mol. The van der Waals surface area contributed by atoms with Crippen molar-refractivity contribution in [2.24, 2.45) is 0 Å². The van der Waals surface area contributed by atoms with Gasteiger partial charge in [0.1, 0.15) is 6.61 Å². The quantitative estimate of drug-likeness (QED) is 0.833. The Hall–Kier alpha value is -1.64. The molecular formula is C14H19N3O4S. The molecule has 7 nitrogen and oxygen atoms in total. The minimum Gasteiger partial charge on any atom is -0.445 e. The van der Waals surface area contributed by atoms with Gasteiger partial charge in [0.15, 0.2) is 0 Å². The molecule has 8 heteroatoms. The van der Waals surface area contributed by atoms with Gasteiger partial charge >= 0.3 is 6.09 Å². The van der Waals surface area contributed by atoms with Gasteiger partial charge in [0.2, 0.25) is 0 Å². The van der Waals surface area contributed by atoms with Gasteiger partial charge in [-0.3, -0.25) is 0 Å². The summed E-state index contributed by atoms with van der Waals surface area (Å²) in [5.41, 5.74) is 0.314. The Morgan fingerprint density at radius 3 is 2.77 bits per heavy atom. The summed E-state index contributed by atoms with van der Waals surface area (Å²) in [5, 5.41) is 0. The van der Waals surface area contributed by atoms with Crippen LogP contribution in [0.25, 0.3) is 0 Å². The Balaban J connectivity index is 1.59. The number of carbonyl (C=O) groups excluding carboxylic acids is 1. The fourth-order valence-corrected chi connectivity index (χ4v) is 4.26. The van der Waals surface area contributed by atoms with Gasteiger partial charge in [-0.15, -0.1) is 0 Å². The Labute approximate surface area is 129 Å². The van der Waals surface area contributed by atoms with Crippen molar-refractivity contribution in [1.82, 2.24) is 14.3 Å². The summed E-state index contributed by atoms with van der Waals surface area (Å²) in [4.78, 5) is 13.8. The molecule has 1 amide bonds. The normalized spacial score (nSPS) is 27.0. The first-order valence-electron chi connectivity index (χ1n) is 7.22. The molecule has 0 bridgehead atoms. The van der Waals surface area contributed by atoms with Crippen LogP contribution in [-0.2, 0) is 21.6 Å². The molecule has 1 unspecified atom stereocenters. The molecule has 1 aromatic rings. The predicted molar refractivity (Wildman–Crippen MR) is 80.2 cm³/mol. The summed E-state index contributed by atoms with van der Waals surface area (Å²) in [6, 6.07) is 9.45. The largest absolute Gasteiger partial charge is 0.445 e. The molecule has 2 heterocycles. The van der Waals surface area contributed by atoms with Gasteiger partial charge in [-0.25, -0.2) is 9.52 Å². The molecule has 22 heavy (non-hydrogen) atoms. The minimum absolute atomic E-state index is 0.215. The van der Waals surface area contributed by atoms with Gasteiger partial charge < -0.3 is 9.64 Å². The van der Waals surface area contributed by atoms with Crippen LogP contribution < -0.4 is 9.44 Å². The number of likely N-dealkylation sites (tertiary alicyclic amines) is 1. The third kappa shape index (κ3) is 3.40. The number of benzene rings is 1. The molecule has 2 aliphatic rings. The van der Waals surface area contributed by atoms with Crippen LogP contribution in [0.15, 0.2) is 30.3 Å². The van der Waals surface area contributed by atoms with Crippen molar-refractivity contribution in [3.8, 4) is 0 Å². The zero-order valence-corrected chi connectivity index (χ0v) is 12.9. The maximum atomic E-state index is 12.2. The molecule has 3 rings (SSSR count). The van der Waals surface area contributed by atoms with Gasteiger partial charge in [0, 0.05) is 19.6 Å². The van der Waals surface area contributed by atoms with E-state index in [-0.39, 0.29) is 6.61 Å². The first kappa shape index (κ1) is 15.3. The van der Waals surface area contributed by atoms with E-state index in [1.54, 1.807) is 4.90 Å². The van der Waals surface area contributed by atoms with E-state index in [2.05, 4.69) is 9.44 Å². The number of amides is 1. The van der Waals surface area contributed by atoms with Crippen LogP contribution in [0.4, 0.5) is 4.79 Å². The first-order valence-corrected chi connectivity index (χ1v) is 8.71. The van der Waals surface area contributed by atoms with Crippen molar-refractivity contribution in [3.05, 3.63) is 35.9 Å². The molecule has 1 atom stereocenters. The lowest BCUT2D eigenvalue weighted by atomic mass is 9.90. The highest BCUT2D eigenvalue weighted by atomic mass is 32.2. The number of nitrogens with zero attached hydrogens (tertiary/aromatic N) is 1. The van der Waals surface area contributed by atoms with Crippen LogP contribution in [-0.4, -0.2) is 44.6 Å². The highest BCUT2D eigenvalue weighted by Crippen LogP contribution is 2.25. The van der Waals surface area contributed by atoms with E-state index in [0.29, 0.717) is 26.1 Å². The van der Waals surface area contributed by atoms with E-state index in [4.69, 9.17) is 4.74 Å². The molecule has 2 saturated heterocycles. The van der Waals surface area contributed by atoms with Gasteiger partial charge in [-0.05, 0) is 18.4 Å². The zero-order chi connectivity index (χ0) is 15.6. The SMILES string of the molecule is O=C(OCc1ccccc1)N1CCCC2(CNS(=O)(=O)N2)C1. The number of ether oxygens (including phenoxy) is 1. The van der Waals surface area contributed by atoms with Crippen LogP contribution in [0, 0.1) is 0 Å². The molecule has 0 radical (unpaired) electrons. The maximum absolute atomic E-state index is 12.2. The molecule has 0 aliphatic carbocycles. The standard InChI is InChI=1S/C14H19N3O4S/c18-13(21-9-12-5-2-1-3-6-12)17-8-4-7-14(11-17)10-15-22(19,20)16-14/h1-3,5-6,15-16H,4,7-11H2. The second-order valence-corrected chi connectivity index (χ2v) is 7.27. The summed E-state index contributed by atoms with van der Waals surface area (Å²) in [7, 11) is -3.44. The summed E-state index contributed by atoms with van der Waals surface area (Å²) in [6.45, 7) is 1.43. The van der Waals surface area contributed by atoms with Crippen molar-refractivity contribution in [1.29, 1.82) is 0 Å². The molecule has 2 N–H and O–H groups in total. The molecule has 0 saturated carbocycles. The van der Waals surface area contributed by atoms with Gasteiger partial charge in [0.05, 0.1) is 5.54 Å². The van der Waals surface area contributed by atoms with Crippen LogP contribution in [0.1, 0.15) is 18.4 Å². The van der Waals surface area contributed by atoms with Crippen molar-refractivity contribution in [2.45, 2.75) is 25.0 Å². The Bertz CT molecular complexity index is 649. The Kier molecular flexibility index (Phi) is 4.07. The molecular weight excluding hydrogens is 306 g/mol. The molecule has 2 fully saturated rings. The van der Waals surface area contributed by atoms with Crippen LogP contribution in [0.2, 0.25) is 0 Å². The fraction of sp³-hybridized carbons (Fsp3) is 0.500. The number of rotatable bonds is 2. The summed E-state index contributed by atoms with van der Waals surface area (Å²) in [5.74, 6) is 0. The topological polar surface area (TPSA) is 87.7 Å². The van der Waals surface area contributed by atoms with Crippen molar-refractivity contribution < 1.29 is 17.9 Å². The molecule has 1 aromatic carbocycles. The van der Waals surface area contributed by atoms with E-state index < -0.39 is 21.8 Å². The Morgan fingerprint density at radius 2 is 2.09 bits per heavy atom. The first-order chi connectivity index (χ1) is 10.5. The lowest BCUT2D eigenvalue weighted by Gasteiger charge is -2.38. The minimum atomic E-state index is -3.44. The van der Waals surface area contributed by atoms with Gasteiger partial charge in [-0.1, -0.05) is 30.3 Å². The second kappa shape index (κ2) is 5.86. The van der Waals surface area contributed by atoms with Gasteiger partial charge in [-0.2, -0.15) is 13.1 Å². The Morgan fingerprint density at radius 1 is 1.32 bits per heavy atom. The number of hydrogen-bond donors (Lipinski definition) is 2. The van der Waals surface area contributed by atoms with Crippen LogP contribution >= 0.6 is 0 Å². The highest BCUT2D eigenvalue weighted by molar-refractivity contribution is 7.87. The van der Waals surface area contributed by atoms with Crippen LogP contribution in [0.5, 0.6) is 0 Å². The third-order valence-electron chi connectivity index (χ3n) is 3.99. The lowest BCUT2D eigenvalue weighted by Crippen LogP contribution is -2.57. The lowest BCUT2D eigenvalue weighted by molar-refractivity contribution is 0.0728. The van der Waals surface area contributed by atoms with E-state index in [1.165, 1.54) is 0 Å². The van der Waals surface area contributed by atoms with Crippen molar-refractivity contribution in [3.63, 3.8) is 0 Å². The number of hydrogen-bond acceptors (Lipinski definition) is 4. The number of nitrogens with one attached hydrogen (secondary N) is 2. The predicted octanol–water partition coefficient (Wildman–Crippen LogP) is 0.595. The second-order valence-electron chi connectivity index (χ2n) is 5.77. The average Bonchev–Trinajstić information content (AvgIpc) is 2.80. The molecule has 2 aliphatic heterocycles. The fourth-order valence-electron chi connectivity index (χ4n) is 2.92. The summed E-state index contributed by atoms with van der Waals surface area (Å²) < 4.78 is 33.5. The van der Waals surface area contributed by atoms with Gasteiger partial charge in [0.25, 0.3) is 10.2 Å². The van der Waals surface area contributed by atoms with E-state index >= 15 is 0 Å². The van der Waals surface area contributed by atoms with Crippen LogP contribution in [0.3, 0.4) is 0 Å². The molecule has 0 aromatic heterocycles. The van der Waals surface area contributed by atoms with E-state index in [0.717, 1.165) is 12.0 Å². The smallest absolute Gasteiger partial charge is 0.410 e.